The van der Waals surface area contributed by atoms with E-state index in [1.165, 1.54) is 25.7 Å². The minimum absolute atomic E-state index is 0. The van der Waals surface area contributed by atoms with Crippen LogP contribution in [0.3, 0.4) is 0 Å². The van der Waals surface area contributed by atoms with Crippen molar-refractivity contribution in [3.05, 3.63) is 0 Å². The molecule has 0 aromatic rings. The van der Waals surface area contributed by atoms with Crippen molar-refractivity contribution in [1.29, 1.82) is 0 Å². The van der Waals surface area contributed by atoms with Gasteiger partial charge in [0.05, 0.1) is 27.7 Å². The third-order valence-corrected chi connectivity index (χ3v) is 1.83. The Kier molecular flexibility index (Phi) is 26.7. The summed E-state index contributed by atoms with van der Waals surface area (Å²) in [7, 11) is 6.16. The summed E-state index contributed by atoms with van der Waals surface area (Å²) in [6.07, 6.45) is 5.16. The molecule has 0 saturated carbocycles. The van der Waals surface area contributed by atoms with Crippen molar-refractivity contribution >= 4 is 0 Å². The maximum absolute atomic E-state index is 8.39. The summed E-state index contributed by atoms with van der Waals surface area (Å²) in [5, 5.41) is 8.39. The van der Waals surface area contributed by atoms with E-state index in [2.05, 4.69) is 28.1 Å². The van der Waals surface area contributed by atoms with Crippen molar-refractivity contribution in [2.24, 2.45) is 5.73 Å². The molecule has 16 heavy (non-hydrogen) atoms. The molecule has 0 heterocycles. The van der Waals surface area contributed by atoms with Crippen molar-refractivity contribution in [1.82, 2.24) is 0 Å². The summed E-state index contributed by atoms with van der Waals surface area (Å²) in [5.74, 6) is 0. The fraction of sp³-hybridized carbons (Fsp3) is 1.00. The maximum Gasteiger partial charge on any atom is 0.101 e. The Morgan fingerprint density at radius 1 is 1.06 bits per heavy atom. The molecule has 0 saturated heterocycles. The van der Waals surface area contributed by atoms with Crippen molar-refractivity contribution in [3.8, 4) is 0 Å². The molecule has 0 bridgehead atoms. The fourth-order valence-corrected chi connectivity index (χ4v) is 0.871. The van der Waals surface area contributed by atoms with Crippen molar-refractivity contribution in [2.45, 2.75) is 32.6 Å². The first-order valence-corrected chi connectivity index (χ1v) is 5.59. The van der Waals surface area contributed by atoms with Gasteiger partial charge in [0, 0.05) is 0 Å². The van der Waals surface area contributed by atoms with Gasteiger partial charge in [-0.05, 0) is 13.0 Å². The van der Waals surface area contributed by atoms with Gasteiger partial charge in [-0.25, -0.2) is 0 Å². The normalized spacial score (nSPS) is 9.38. The summed E-state index contributed by atoms with van der Waals surface area (Å²) in [6, 6.07) is 0. The van der Waals surface area contributed by atoms with E-state index in [4.69, 9.17) is 10.8 Å². The Bertz CT molecular complexity index is 102. The molecule has 0 aromatic carbocycles. The van der Waals surface area contributed by atoms with E-state index in [0.29, 0.717) is 0 Å². The zero-order valence-electron chi connectivity index (χ0n) is 11.4. The Hall–Kier alpha value is -0.200. The largest absolute Gasteiger partial charge is 0.870 e. The third kappa shape index (κ3) is 37.2. The number of nitrogens with zero attached hydrogens (tertiary/aromatic N) is 1. The van der Waals surface area contributed by atoms with E-state index in [1.807, 2.05) is 0 Å². The molecule has 0 atom stereocenters. The second-order valence-electron chi connectivity index (χ2n) is 4.59. The molecule has 5 heteroatoms. The number of hydrogen-bond donors (Lipinski definition) is 2. The molecule has 0 aliphatic heterocycles. The lowest BCUT2D eigenvalue weighted by atomic mass is 10.2. The van der Waals surface area contributed by atoms with Gasteiger partial charge < -0.3 is 26.3 Å². The number of aliphatic hydroxyl groups excluding tert-OH is 1. The smallest absolute Gasteiger partial charge is 0.101 e. The highest BCUT2D eigenvalue weighted by molar-refractivity contribution is 4.38. The first kappa shape index (κ1) is 24.9. The van der Waals surface area contributed by atoms with Gasteiger partial charge in [-0.1, -0.05) is 26.2 Å². The van der Waals surface area contributed by atoms with Crippen LogP contribution in [0.4, 0.5) is 0 Å². The molecule has 6 N–H and O–H groups in total. The van der Waals surface area contributed by atoms with Crippen LogP contribution in [0, 0.1) is 0 Å². The predicted molar refractivity (Wildman–Crippen MR) is 68.7 cm³/mol. The monoisotopic (exact) mass is 240 g/mol. The molecule has 0 spiro atoms. The van der Waals surface area contributed by atoms with Crippen LogP contribution in [0.15, 0.2) is 0 Å². The molecule has 5 nitrogen and oxygen atoms in total. The first-order valence-electron chi connectivity index (χ1n) is 5.59. The Labute approximate surface area is 100 Å². The molecule has 0 aliphatic rings. The molecule has 0 aromatic heterocycles. The summed E-state index contributed by atoms with van der Waals surface area (Å²) in [4.78, 5) is 0. The molecule has 0 amide bonds. The van der Waals surface area contributed by atoms with Crippen LogP contribution < -0.4 is 5.73 Å². The molecular weight excluding hydrogens is 208 g/mol. The van der Waals surface area contributed by atoms with Crippen LogP contribution in [0.5, 0.6) is 0 Å². The third-order valence-electron chi connectivity index (χ3n) is 1.83. The molecular formula is C11H32N2O3. The van der Waals surface area contributed by atoms with Crippen LogP contribution in [0.2, 0.25) is 0 Å². The summed E-state index contributed by atoms with van der Waals surface area (Å²) in [6.45, 7) is 4.18. The van der Waals surface area contributed by atoms with Gasteiger partial charge >= 0.3 is 0 Å². The fourth-order valence-electron chi connectivity index (χ4n) is 0.871. The lowest BCUT2D eigenvalue weighted by Gasteiger charge is -2.21. The molecule has 104 valence electrons. The van der Waals surface area contributed by atoms with Gasteiger partial charge in [0.1, 0.15) is 6.54 Å². The van der Waals surface area contributed by atoms with Crippen molar-refractivity contribution < 1.29 is 20.5 Å². The van der Waals surface area contributed by atoms with E-state index in [-0.39, 0.29) is 17.6 Å². The number of unbranched alkanes of at least 4 members (excludes halogenated alkanes) is 3. The highest BCUT2D eigenvalue weighted by Gasteiger charge is 2.02. The van der Waals surface area contributed by atoms with E-state index in [1.54, 1.807) is 0 Å². The highest BCUT2D eigenvalue weighted by atomic mass is 16.3. The number of rotatable bonds is 6. The standard InChI is InChI=1S/C6H15N.C5H14NO.2H2O/c1-2-3-4-5-6-7;1-6(2,3)4-5-7;;/h2-7H2,1H3;7H,4-5H2,1-3H3;2*1H2/q;+1;;/p-1. The van der Waals surface area contributed by atoms with E-state index in [0.717, 1.165) is 17.6 Å². The Morgan fingerprint density at radius 3 is 1.75 bits per heavy atom. The lowest BCUT2D eigenvalue weighted by Crippen LogP contribution is -2.36. The SMILES string of the molecule is CCCCCCN.C[N+](C)(C)CCO.O.[OH-]. The second-order valence-corrected chi connectivity index (χ2v) is 4.59. The molecule has 0 rings (SSSR count). The van der Waals surface area contributed by atoms with Crippen LogP contribution in [-0.2, 0) is 0 Å². The topological polar surface area (TPSA) is 108 Å². The highest BCUT2D eigenvalue weighted by Crippen LogP contribution is 1.95. The summed E-state index contributed by atoms with van der Waals surface area (Å²) >= 11 is 0. The van der Waals surface area contributed by atoms with E-state index >= 15 is 0 Å². The number of aliphatic hydroxyl groups is 1. The van der Waals surface area contributed by atoms with Crippen molar-refractivity contribution in [2.75, 3.05) is 40.8 Å². The molecule has 0 fully saturated rings. The van der Waals surface area contributed by atoms with Crippen LogP contribution in [-0.4, -0.2) is 61.4 Å². The number of nitrogens with two attached hydrogens (primary N) is 1. The zero-order valence-corrected chi connectivity index (χ0v) is 11.4. The minimum Gasteiger partial charge on any atom is -0.870 e. The van der Waals surface area contributed by atoms with Gasteiger partial charge in [0.15, 0.2) is 0 Å². The molecule has 0 aliphatic carbocycles. The summed E-state index contributed by atoms with van der Waals surface area (Å²) < 4.78 is 0.844. The van der Waals surface area contributed by atoms with Crippen molar-refractivity contribution in [3.63, 3.8) is 0 Å². The second kappa shape index (κ2) is 17.2. The average molecular weight is 240 g/mol. The lowest BCUT2D eigenvalue weighted by molar-refractivity contribution is -0.870. The summed E-state index contributed by atoms with van der Waals surface area (Å²) in [5.41, 5.74) is 5.27. The number of likely N-dealkylation sites (N-methyl/N-ethyl adjacent to an activating group) is 1. The quantitative estimate of drug-likeness (QED) is 0.511. The van der Waals surface area contributed by atoms with Gasteiger partial charge in [-0.2, -0.15) is 0 Å². The number of quaternary nitrogens is 1. The van der Waals surface area contributed by atoms with Crippen LogP contribution in [0.1, 0.15) is 32.6 Å². The van der Waals surface area contributed by atoms with Gasteiger partial charge in [-0.15, -0.1) is 0 Å². The Morgan fingerprint density at radius 2 is 1.56 bits per heavy atom. The predicted octanol–water partition coefficient (Wildman–Crippen LogP) is 0.209. The zero-order chi connectivity index (χ0) is 11.4. The van der Waals surface area contributed by atoms with E-state index in [9.17, 15) is 0 Å². The average Bonchev–Trinajstić information content (AvgIpc) is 2.04. The molecule has 0 radical (unpaired) electrons. The van der Waals surface area contributed by atoms with Crippen LogP contribution in [0.25, 0.3) is 0 Å². The minimum atomic E-state index is 0. The maximum atomic E-state index is 8.39. The van der Waals surface area contributed by atoms with Crippen LogP contribution >= 0.6 is 0 Å². The Balaban J connectivity index is -0.0000000800. The van der Waals surface area contributed by atoms with Gasteiger partial charge in [-0.3, -0.25) is 0 Å². The van der Waals surface area contributed by atoms with Gasteiger partial charge in [0.2, 0.25) is 0 Å². The van der Waals surface area contributed by atoms with E-state index < -0.39 is 0 Å². The first-order chi connectivity index (χ1) is 6.47. The molecule has 0 unspecified atom stereocenters. The van der Waals surface area contributed by atoms with Gasteiger partial charge in [0.25, 0.3) is 0 Å². The number of hydrogen-bond acceptors (Lipinski definition) is 3.